The molecule has 0 unspecified atom stereocenters. The van der Waals surface area contributed by atoms with Crippen LogP contribution in [0.15, 0.2) is 148 Å². The number of thiophene rings is 7. The van der Waals surface area contributed by atoms with Gasteiger partial charge in [0.1, 0.15) is 16.6 Å². The third-order valence-corrected chi connectivity index (χ3v) is 31.7. The van der Waals surface area contributed by atoms with Crippen LogP contribution in [-0.2, 0) is 64.6 Å². The number of rotatable bonds is 22. The Morgan fingerprint density at radius 3 is 1.22 bits per heavy atom. The zero-order valence-electron chi connectivity index (χ0n) is 63.9. The third kappa shape index (κ3) is 38.2. The summed E-state index contributed by atoms with van der Waals surface area (Å²) >= 11 is 36.4. The molecule has 0 saturated heterocycles. The molecule has 0 radical (unpaired) electrons. The van der Waals surface area contributed by atoms with Gasteiger partial charge in [-0.15, -0.1) is 79.4 Å². The molecule has 0 aliphatic rings. The van der Waals surface area contributed by atoms with E-state index in [0.29, 0.717) is 24.8 Å². The molecule has 7 atom stereocenters. The van der Waals surface area contributed by atoms with Crippen molar-refractivity contribution in [1.29, 1.82) is 0 Å². The summed E-state index contributed by atoms with van der Waals surface area (Å²) in [5, 5.41) is 47.2. The first-order valence-electron chi connectivity index (χ1n) is 33.1. The Kier molecular flexibility index (Phi) is 44.7. The Balaban J connectivity index is 0.000000440. The number of nitrogens with two attached hydrogens (primary N) is 1. The van der Waals surface area contributed by atoms with Gasteiger partial charge in [0.2, 0.25) is 0 Å². The van der Waals surface area contributed by atoms with E-state index in [2.05, 4.69) is 120 Å². The number of nitrogens with one attached hydrogen (secondary N) is 4. The molecule has 8 aromatic rings. The molecular weight excluding hydrogens is 1980 g/mol. The number of aliphatic hydroxyl groups is 3. The van der Waals surface area contributed by atoms with Gasteiger partial charge in [0.05, 0.1) is 79.6 Å². The van der Waals surface area contributed by atoms with Crippen LogP contribution in [-0.4, -0.2) is 102 Å². The molecule has 0 aliphatic carbocycles. The van der Waals surface area contributed by atoms with Crippen molar-refractivity contribution < 1.29 is 51.9 Å². The van der Waals surface area contributed by atoms with E-state index in [4.69, 9.17) is 27.8 Å². The maximum Gasteiger partial charge on any atom is 0.308 e. The molecule has 9 N–H and O–H groups in total. The Morgan fingerprint density at radius 1 is 0.491 bits per heavy atom. The number of hydrogen-bond acceptors (Lipinski definition) is 20. The van der Waals surface area contributed by atoms with Crippen LogP contribution in [0, 0.1) is 0 Å². The number of hydrogen-bond donors (Lipinski definition) is 8. The average molecular weight is 2080 g/mol. The van der Waals surface area contributed by atoms with Gasteiger partial charge in [0.15, 0.2) is 16.7 Å². The van der Waals surface area contributed by atoms with Gasteiger partial charge in [-0.2, -0.15) is 4.40 Å². The standard InChI is InChI=1S/C16H17BrN2O2S2.C16H26BrNO3S2.C12H20BrNO2S2.C10H14BrNOS2.C8H12BrNOS.C6H5BrOS.C6H6OS/c1-16(7-8-20,13-9-12(17)10-23-13)19-15(22)18-14(21)11-5-3-2-4-6-11;1-14(2,3)21-13(19)9-16(7,12-8-11(17)10-22-12)18-23(20)15(4,5)6;1-11(2,3)18(16)14-12(4,5-6-15)10-7-9(13)8-17-10;1-7(9-5-8(11)6-14-9)12-15(13)10(2,3)4;1-8(10,2-3-11)7-4-6(9)5-12-7;1-4(8)6-2-5(7)3-9-6;1-5(7)6-3-2-4-8-6/h2-6,9-10,20H,7-8H2,1H3,(H2,18,19,21,22);8,10,18H,9H2,1-7H3;7-8,14-15H,5-6H2,1-4H3;5-6H,1-4H3;4-5,11H,2-3,10H2,1H3;2-3H,1H3;2-4H,1H3/t16-;16-,23+;12-,18+;15-;8-;;/m00010../s1. The molecule has 17 nitrogen and oxygen atoms in total. The number of benzene rings is 1. The van der Waals surface area contributed by atoms with Crippen molar-refractivity contribution in [3.8, 4) is 0 Å². The summed E-state index contributed by atoms with van der Waals surface area (Å²) < 4.78 is 57.5. The summed E-state index contributed by atoms with van der Waals surface area (Å²) in [6, 6.07) is 24.3. The van der Waals surface area contributed by atoms with Crippen LogP contribution in [0.25, 0.3) is 0 Å². The summed E-state index contributed by atoms with van der Waals surface area (Å²) in [5.74, 6) is -0.296. The molecule has 0 saturated carbocycles. The van der Waals surface area contributed by atoms with Crippen LogP contribution in [0.2, 0.25) is 0 Å². The molecule has 7 aromatic heterocycles. The molecular formula is C74H100Br6N6O11S11. The van der Waals surface area contributed by atoms with Crippen LogP contribution >= 0.6 is 187 Å². The van der Waals surface area contributed by atoms with E-state index >= 15 is 0 Å². The quantitative estimate of drug-likeness (QED) is 0.0136. The lowest BCUT2D eigenvalue weighted by atomic mass is 9.96. The van der Waals surface area contributed by atoms with Crippen molar-refractivity contribution in [1.82, 2.24) is 20.1 Å². The van der Waals surface area contributed by atoms with E-state index in [9.17, 15) is 42.0 Å². The second-order valence-electron chi connectivity index (χ2n) is 28.7. The molecule has 1 amide bonds. The van der Waals surface area contributed by atoms with E-state index in [1.54, 1.807) is 83.5 Å². The zero-order valence-corrected chi connectivity index (χ0v) is 82.4. The molecule has 7 heterocycles. The first-order chi connectivity index (χ1) is 49.7. The highest BCUT2D eigenvalue weighted by Gasteiger charge is 2.38. The largest absolute Gasteiger partial charge is 0.460 e. The Bertz CT molecular complexity index is 4220. The van der Waals surface area contributed by atoms with Gasteiger partial charge in [-0.3, -0.25) is 24.5 Å². The van der Waals surface area contributed by atoms with Crippen LogP contribution < -0.4 is 25.8 Å². The van der Waals surface area contributed by atoms with Crippen molar-refractivity contribution in [3.63, 3.8) is 0 Å². The van der Waals surface area contributed by atoms with E-state index < -0.39 is 65.5 Å². The van der Waals surface area contributed by atoms with Crippen LogP contribution in [0.3, 0.4) is 0 Å². The fourth-order valence-corrected chi connectivity index (χ4v) is 20.6. The molecule has 34 heteroatoms. The maximum atomic E-state index is 12.6. The topological polar surface area (TPSA) is 276 Å². The van der Waals surface area contributed by atoms with E-state index in [-0.39, 0.29) is 64.3 Å². The number of ether oxygens (including phenoxy) is 1. The molecule has 8 rings (SSSR count). The number of amides is 1. The smallest absolute Gasteiger partial charge is 0.308 e. The van der Waals surface area contributed by atoms with Gasteiger partial charge < -0.3 is 31.1 Å². The monoisotopic (exact) mass is 2070 g/mol. The Morgan fingerprint density at radius 2 is 0.880 bits per heavy atom. The normalized spacial score (nSPS) is 14.7. The lowest BCUT2D eigenvalue weighted by Crippen LogP contribution is -2.49. The van der Waals surface area contributed by atoms with Crippen molar-refractivity contribution in [2.45, 2.75) is 199 Å². The van der Waals surface area contributed by atoms with Gasteiger partial charge in [0.25, 0.3) is 5.91 Å². The van der Waals surface area contributed by atoms with Crippen molar-refractivity contribution >= 4 is 254 Å². The number of carbonyl (C=O) groups is 4. The number of aliphatic hydroxyl groups excluding tert-OH is 3. The van der Waals surface area contributed by atoms with Gasteiger partial charge in [0, 0.05) is 110 Å². The predicted molar refractivity (Wildman–Crippen MR) is 487 cm³/mol. The molecule has 0 bridgehead atoms. The number of Topliss-reactive ketones (excluding diaryl/α,β-unsaturated/α-hetero) is 2. The van der Waals surface area contributed by atoms with Crippen LogP contribution in [0.4, 0.5) is 0 Å². The second-order valence-corrected chi connectivity index (χ2v) is 46.9. The second kappa shape index (κ2) is 47.3. The minimum absolute atomic E-state index is 0.00820. The van der Waals surface area contributed by atoms with E-state index in [1.165, 1.54) is 34.0 Å². The molecule has 600 valence electrons. The van der Waals surface area contributed by atoms with Crippen molar-refractivity contribution in [3.05, 3.63) is 183 Å². The van der Waals surface area contributed by atoms with Gasteiger partial charge >= 0.3 is 5.97 Å². The Hall–Kier alpha value is -1.95. The van der Waals surface area contributed by atoms with Gasteiger partial charge in [-0.05, 0) is 319 Å². The molecule has 0 fully saturated rings. The maximum absolute atomic E-state index is 12.6. The summed E-state index contributed by atoms with van der Waals surface area (Å²) in [6.07, 6.45) is 1.71. The number of carbonyl (C=O) groups excluding carboxylic acids is 4. The van der Waals surface area contributed by atoms with E-state index in [1.807, 2.05) is 210 Å². The van der Waals surface area contributed by atoms with Crippen LogP contribution in [0.5, 0.6) is 0 Å². The van der Waals surface area contributed by atoms with Crippen LogP contribution in [0.1, 0.15) is 211 Å². The first kappa shape index (κ1) is 102. The zero-order chi connectivity index (χ0) is 82.6. The third-order valence-electron chi connectivity index (χ3n) is 14.1. The SMILES string of the molecule is CC(=N[S@](=O)C(C)(C)C)c1cc(Br)cs1.CC(=O)c1cc(Br)cs1.CC(=O)c1cccs1.CC(C)(C)OC(=O)C[C@](C)(N[S@](=O)C(C)(C)C)c1cc(Br)cs1.CC(C)(C)[S@@](=O)N[C@@](C)(CCO)c1cc(Br)cs1.C[C@@](CCO)(NC(=S)NC(=O)c1ccccc1)c1cc(Br)cs1.C[C@](N)(CCO)c1cc(Br)cs1. The highest BCUT2D eigenvalue weighted by molar-refractivity contribution is 9.11. The highest BCUT2D eigenvalue weighted by Crippen LogP contribution is 2.38. The molecule has 0 spiro atoms. The Labute approximate surface area is 730 Å². The van der Waals surface area contributed by atoms with Gasteiger partial charge in [-0.25, -0.2) is 22.1 Å². The number of esters is 1. The fraction of sp³-hybridized carbons (Fsp3) is 0.459. The number of halogens is 6. The molecule has 1 aromatic carbocycles. The predicted octanol–water partition coefficient (Wildman–Crippen LogP) is 21.6. The van der Waals surface area contributed by atoms with E-state index in [0.717, 1.165) is 66.7 Å². The molecule has 108 heavy (non-hydrogen) atoms. The highest BCUT2D eigenvalue weighted by atomic mass is 79.9. The van der Waals surface area contributed by atoms with Gasteiger partial charge in [-0.1, -0.05) is 24.3 Å². The number of nitrogens with zero attached hydrogens (tertiary/aromatic N) is 1. The average Bonchev–Trinajstić information content (AvgIpc) is 1.53. The number of thiocarbonyl (C=S) groups is 1. The molecule has 0 aliphatic heterocycles. The summed E-state index contributed by atoms with van der Waals surface area (Å²) in [7, 11) is -3.65. The fourth-order valence-electron chi connectivity index (χ4n) is 8.08. The van der Waals surface area contributed by atoms with Crippen molar-refractivity contribution in [2.75, 3.05) is 19.8 Å². The lowest BCUT2D eigenvalue weighted by Gasteiger charge is -2.33. The van der Waals surface area contributed by atoms with Crippen molar-refractivity contribution in [2.24, 2.45) is 10.1 Å². The summed E-state index contributed by atoms with van der Waals surface area (Å²) in [5.41, 5.74) is 4.65. The minimum Gasteiger partial charge on any atom is -0.460 e. The lowest BCUT2D eigenvalue weighted by molar-refractivity contribution is -0.156. The minimum atomic E-state index is -1.30. The first-order valence-corrected chi connectivity index (χ1v) is 47.9. The summed E-state index contributed by atoms with van der Waals surface area (Å²) in [6.45, 7) is 35.7. The number of ketones is 2. The summed E-state index contributed by atoms with van der Waals surface area (Å²) in [4.78, 5) is 52.5.